The predicted octanol–water partition coefficient (Wildman–Crippen LogP) is 5.51. The Morgan fingerprint density at radius 2 is 1.97 bits per heavy atom. The largest absolute Gasteiger partial charge is 0.489 e. The lowest BCUT2D eigenvalue weighted by molar-refractivity contribution is 0.0993. The van der Waals surface area contributed by atoms with Crippen molar-refractivity contribution in [2.45, 2.75) is 6.61 Å². The summed E-state index contributed by atoms with van der Waals surface area (Å²) in [6.07, 6.45) is 1.40. The van der Waals surface area contributed by atoms with Gasteiger partial charge in [-0.05, 0) is 36.4 Å². The van der Waals surface area contributed by atoms with E-state index in [1.807, 2.05) is 30.3 Å². The van der Waals surface area contributed by atoms with Gasteiger partial charge in [-0.25, -0.2) is 13.8 Å². The van der Waals surface area contributed by atoms with Gasteiger partial charge in [-0.3, -0.25) is 10.1 Å². The van der Waals surface area contributed by atoms with Crippen LogP contribution in [0.3, 0.4) is 0 Å². The Balaban J connectivity index is 1.46. The van der Waals surface area contributed by atoms with E-state index in [9.17, 15) is 13.6 Å². The molecule has 5 nitrogen and oxygen atoms in total. The van der Waals surface area contributed by atoms with Crippen molar-refractivity contribution in [1.29, 1.82) is 0 Å². The first kappa shape index (κ1) is 18.8. The Bertz CT molecular complexity index is 1140. The summed E-state index contributed by atoms with van der Waals surface area (Å²) >= 11 is 1.10. The summed E-state index contributed by atoms with van der Waals surface area (Å²) < 4.78 is 38.2. The zero-order valence-electron chi connectivity index (χ0n) is 14.9. The van der Waals surface area contributed by atoms with E-state index in [0.717, 1.165) is 29.5 Å². The second-order valence-corrected chi connectivity index (χ2v) is 6.85. The lowest BCUT2D eigenvalue weighted by atomic mass is 10.1. The summed E-state index contributed by atoms with van der Waals surface area (Å²) in [5.74, 6) is -0.918. The Labute approximate surface area is 168 Å². The molecule has 4 rings (SSSR count). The van der Waals surface area contributed by atoms with Gasteiger partial charge in [0.25, 0.3) is 5.91 Å². The average Bonchev–Trinajstić information content (AvgIpc) is 3.38. The molecule has 0 saturated heterocycles. The second-order valence-electron chi connectivity index (χ2n) is 5.99. The van der Waals surface area contributed by atoms with Gasteiger partial charge >= 0.3 is 0 Å². The Morgan fingerprint density at radius 1 is 1.14 bits per heavy atom. The zero-order chi connectivity index (χ0) is 20.2. The minimum atomic E-state index is -0.596. The van der Waals surface area contributed by atoms with E-state index < -0.39 is 17.5 Å². The van der Waals surface area contributed by atoms with Gasteiger partial charge in [0.2, 0.25) is 0 Å². The van der Waals surface area contributed by atoms with Crippen molar-refractivity contribution in [1.82, 2.24) is 4.98 Å². The number of ether oxygens (including phenoxy) is 1. The van der Waals surface area contributed by atoms with Crippen LogP contribution in [-0.2, 0) is 6.61 Å². The Morgan fingerprint density at radius 3 is 2.79 bits per heavy atom. The molecular formula is C21H14F2N2O3S. The van der Waals surface area contributed by atoms with Crippen molar-refractivity contribution in [3.8, 4) is 17.0 Å². The number of hydrogen-bond acceptors (Lipinski definition) is 5. The highest BCUT2D eigenvalue weighted by Crippen LogP contribution is 2.28. The molecular weight excluding hydrogens is 398 g/mol. The van der Waals surface area contributed by atoms with Crippen LogP contribution in [-0.4, -0.2) is 10.9 Å². The predicted molar refractivity (Wildman–Crippen MR) is 105 cm³/mol. The van der Waals surface area contributed by atoms with Crippen LogP contribution in [0.15, 0.2) is 70.7 Å². The molecule has 1 amide bonds. The Hall–Kier alpha value is -3.52. The van der Waals surface area contributed by atoms with Crippen LogP contribution < -0.4 is 10.1 Å². The summed E-state index contributed by atoms with van der Waals surface area (Å²) in [6, 6.07) is 14.0. The van der Waals surface area contributed by atoms with Gasteiger partial charge in [-0.1, -0.05) is 18.2 Å². The third kappa shape index (κ3) is 4.33. The van der Waals surface area contributed by atoms with Crippen LogP contribution in [0.2, 0.25) is 0 Å². The van der Waals surface area contributed by atoms with Crippen molar-refractivity contribution in [2.24, 2.45) is 0 Å². The van der Waals surface area contributed by atoms with Crippen molar-refractivity contribution in [2.75, 3.05) is 5.32 Å². The fourth-order valence-corrected chi connectivity index (χ4v) is 3.33. The molecule has 0 aliphatic heterocycles. The van der Waals surface area contributed by atoms with Gasteiger partial charge in [0.15, 0.2) is 10.9 Å². The second kappa shape index (κ2) is 8.24. The molecule has 0 saturated carbocycles. The number of carbonyl (C=O) groups excluding carboxylic acids is 1. The topological polar surface area (TPSA) is 64.4 Å². The highest BCUT2D eigenvalue weighted by atomic mass is 32.1. The number of para-hydroxylation sites is 1. The SMILES string of the molecule is O=C(Nc1nc(-c2cc(F)ccc2F)cs1)c1occc1COc1ccccc1. The molecule has 0 radical (unpaired) electrons. The number of carbonyl (C=O) groups is 1. The summed E-state index contributed by atoms with van der Waals surface area (Å²) in [6.45, 7) is 0.154. The molecule has 29 heavy (non-hydrogen) atoms. The van der Waals surface area contributed by atoms with Gasteiger partial charge in [0.1, 0.15) is 24.0 Å². The summed E-state index contributed by atoms with van der Waals surface area (Å²) in [5, 5.41) is 4.38. The first-order valence-corrected chi connectivity index (χ1v) is 9.44. The number of amides is 1. The normalized spacial score (nSPS) is 10.7. The number of nitrogens with one attached hydrogen (secondary N) is 1. The van der Waals surface area contributed by atoms with Gasteiger partial charge in [0, 0.05) is 16.5 Å². The number of anilines is 1. The lowest BCUT2D eigenvalue weighted by Crippen LogP contribution is -2.13. The highest BCUT2D eigenvalue weighted by molar-refractivity contribution is 7.14. The smallest absolute Gasteiger partial charge is 0.293 e. The molecule has 0 unspecified atom stereocenters. The molecule has 0 aliphatic rings. The van der Waals surface area contributed by atoms with E-state index >= 15 is 0 Å². The zero-order valence-corrected chi connectivity index (χ0v) is 15.7. The van der Waals surface area contributed by atoms with Crippen LogP contribution in [0.5, 0.6) is 5.75 Å². The molecule has 0 bridgehead atoms. The first-order valence-electron chi connectivity index (χ1n) is 8.56. The summed E-state index contributed by atoms with van der Waals surface area (Å²) in [5.41, 5.74) is 0.824. The van der Waals surface area contributed by atoms with Crippen LogP contribution in [0.25, 0.3) is 11.3 Å². The third-order valence-corrected chi connectivity index (χ3v) is 4.78. The van der Waals surface area contributed by atoms with Crippen molar-refractivity contribution >= 4 is 22.4 Å². The number of aromatic nitrogens is 1. The van der Waals surface area contributed by atoms with E-state index in [4.69, 9.17) is 9.15 Å². The molecule has 1 N–H and O–H groups in total. The fraction of sp³-hybridized carbons (Fsp3) is 0.0476. The maximum absolute atomic E-state index is 13.9. The standard InChI is InChI=1S/C21H14F2N2O3S/c22-14-6-7-17(23)16(10-14)18-12-29-21(24-18)25-20(26)19-13(8-9-27-19)11-28-15-4-2-1-3-5-15/h1-10,12H,11H2,(H,24,25,26). The number of halogens is 2. The van der Waals surface area contributed by atoms with Crippen LogP contribution >= 0.6 is 11.3 Å². The van der Waals surface area contributed by atoms with Gasteiger partial charge < -0.3 is 9.15 Å². The number of nitrogens with zero attached hydrogens (tertiary/aromatic N) is 1. The molecule has 2 aromatic carbocycles. The number of hydrogen-bond donors (Lipinski definition) is 1. The van der Waals surface area contributed by atoms with E-state index in [0.29, 0.717) is 11.3 Å². The summed E-state index contributed by atoms with van der Waals surface area (Å²) in [4.78, 5) is 16.7. The van der Waals surface area contributed by atoms with Crippen molar-refractivity contribution < 1.29 is 22.7 Å². The van der Waals surface area contributed by atoms with Crippen LogP contribution in [0.4, 0.5) is 13.9 Å². The monoisotopic (exact) mass is 412 g/mol. The molecule has 0 atom stereocenters. The molecule has 0 aliphatic carbocycles. The van der Waals surface area contributed by atoms with Crippen molar-refractivity contribution in [3.05, 3.63) is 89.2 Å². The molecule has 0 fully saturated rings. The Kier molecular flexibility index (Phi) is 5.35. The quantitative estimate of drug-likeness (QED) is 0.453. The molecule has 0 spiro atoms. The minimum absolute atomic E-state index is 0.0247. The maximum atomic E-state index is 13.9. The average molecular weight is 412 g/mol. The first-order chi connectivity index (χ1) is 14.1. The van der Waals surface area contributed by atoms with Crippen LogP contribution in [0.1, 0.15) is 16.1 Å². The number of benzene rings is 2. The highest BCUT2D eigenvalue weighted by Gasteiger charge is 2.18. The maximum Gasteiger partial charge on any atom is 0.293 e. The van der Waals surface area contributed by atoms with E-state index in [1.54, 1.807) is 6.07 Å². The third-order valence-electron chi connectivity index (χ3n) is 4.02. The van der Waals surface area contributed by atoms with E-state index in [2.05, 4.69) is 10.3 Å². The minimum Gasteiger partial charge on any atom is -0.489 e. The molecule has 146 valence electrons. The van der Waals surface area contributed by atoms with E-state index in [1.165, 1.54) is 11.6 Å². The number of rotatable bonds is 6. The van der Waals surface area contributed by atoms with Gasteiger partial charge in [-0.15, -0.1) is 11.3 Å². The molecule has 8 heteroatoms. The number of thiazole rings is 1. The van der Waals surface area contributed by atoms with E-state index in [-0.39, 0.29) is 28.8 Å². The number of furan rings is 1. The van der Waals surface area contributed by atoms with Gasteiger partial charge in [0.05, 0.1) is 12.0 Å². The lowest BCUT2D eigenvalue weighted by Gasteiger charge is -2.06. The van der Waals surface area contributed by atoms with Crippen molar-refractivity contribution in [3.63, 3.8) is 0 Å². The molecule has 4 aromatic rings. The molecule has 2 heterocycles. The van der Waals surface area contributed by atoms with Gasteiger partial charge in [-0.2, -0.15) is 0 Å². The fourth-order valence-electron chi connectivity index (χ4n) is 2.63. The molecule has 2 aromatic heterocycles. The van der Waals surface area contributed by atoms with Crippen LogP contribution in [0, 0.1) is 11.6 Å². The summed E-state index contributed by atoms with van der Waals surface area (Å²) in [7, 11) is 0.